The summed E-state index contributed by atoms with van der Waals surface area (Å²) in [6.45, 7) is 3.73. The summed E-state index contributed by atoms with van der Waals surface area (Å²) in [7, 11) is 0. The fourth-order valence-electron chi connectivity index (χ4n) is 2.75. The Balaban J connectivity index is 2.12. The van der Waals surface area contributed by atoms with E-state index in [0.29, 0.717) is 12.1 Å². The molecule has 0 aromatic carbocycles. The van der Waals surface area contributed by atoms with Crippen molar-refractivity contribution in [2.24, 2.45) is 5.92 Å². The third-order valence-electron chi connectivity index (χ3n) is 3.96. The number of hydrogen-bond acceptors (Lipinski definition) is 4. The molecule has 1 aromatic rings. The van der Waals surface area contributed by atoms with Gasteiger partial charge in [0.15, 0.2) is 0 Å². The van der Waals surface area contributed by atoms with Crippen molar-refractivity contribution in [1.29, 1.82) is 0 Å². The summed E-state index contributed by atoms with van der Waals surface area (Å²) in [4.78, 5) is 12.4. The van der Waals surface area contributed by atoms with Crippen molar-refractivity contribution in [1.82, 2.24) is 9.88 Å². The number of halogens is 1. The molecule has 1 aliphatic carbocycles. The molecule has 0 unspecified atom stereocenters. The first-order valence-electron chi connectivity index (χ1n) is 7.00. The van der Waals surface area contributed by atoms with E-state index in [1.165, 1.54) is 0 Å². The molecule has 0 radical (unpaired) electrons. The van der Waals surface area contributed by atoms with Crippen LogP contribution in [0, 0.1) is 5.92 Å². The van der Waals surface area contributed by atoms with E-state index in [0.717, 1.165) is 4.47 Å². The molecule has 21 heavy (non-hydrogen) atoms. The molecule has 0 spiro atoms. The number of aliphatic hydroxyl groups is 3. The van der Waals surface area contributed by atoms with Crippen LogP contribution >= 0.6 is 15.9 Å². The Hall–Kier alpha value is -0.890. The van der Waals surface area contributed by atoms with E-state index in [2.05, 4.69) is 21.2 Å². The van der Waals surface area contributed by atoms with E-state index in [9.17, 15) is 15.0 Å². The third-order valence-corrected chi connectivity index (χ3v) is 4.39. The molecule has 0 bridgehead atoms. The summed E-state index contributed by atoms with van der Waals surface area (Å²) in [6.07, 6.45) is 0.116. The second kappa shape index (κ2) is 6.48. The average molecular weight is 361 g/mol. The Labute approximate surface area is 131 Å². The fraction of sp³-hybridized carbons (Fsp3) is 0.643. The van der Waals surface area contributed by atoms with Crippen LogP contribution in [0.25, 0.3) is 0 Å². The maximum absolute atomic E-state index is 12.4. The molecular weight excluding hydrogens is 340 g/mol. The molecule has 1 amide bonds. The van der Waals surface area contributed by atoms with Gasteiger partial charge in [-0.15, -0.1) is 0 Å². The largest absolute Gasteiger partial charge is 0.396 e. The minimum Gasteiger partial charge on any atom is -0.396 e. The minimum atomic E-state index is -1.06. The maximum atomic E-state index is 12.4. The topological polar surface area (TPSA) is 94.7 Å². The van der Waals surface area contributed by atoms with Gasteiger partial charge >= 0.3 is 0 Å². The molecule has 1 aliphatic rings. The van der Waals surface area contributed by atoms with Gasteiger partial charge in [0.1, 0.15) is 11.8 Å². The van der Waals surface area contributed by atoms with Crippen molar-refractivity contribution in [3.63, 3.8) is 0 Å². The van der Waals surface area contributed by atoms with E-state index in [1.807, 2.05) is 24.6 Å². The number of nitrogens with one attached hydrogen (secondary N) is 1. The van der Waals surface area contributed by atoms with Crippen LogP contribution in [-0.2, 0) is 0 Å². The van der Waals surface area contributed by atoms with Gasteiger partial charge in [0, 0.05) is 29.2 Å². The van der Waals surface area contributed by atoms with Gasteiger partial charge in [-0.3, -0.25) is 4.79 Å². The highest BCUT2D eigenvalue weighted by Gasteiger charge is 2.42. The van der Waals surface area contributed by atoms with Gasteiger partial charge < -0.3 is 25.2 Å². The Morgan fingerprint density at radius 2 is 2.14 bits per heavy atom. The van der Waals surface area contributed by atoms with E-state index < -0.39 is 24.2 Å². The van der Waals surface area contributed by atoms with Crippen molar-refractivity contribution in [3.8, 4) is 0 Å². The van der Waals surface area contributed by atoms with E-state index in [1.54, 1.807) is 6.07 Å². The third kappa shape index (κ3) is 3.31. The van der Waals surface area contributed by atoms with E-state index >= 15 is 0 Å². The van der Waals surface area contributed by atoms with Crippen LogP contribution in [0.1, 0.15) is 36.8 Å². The second-order valence-electron chi connectivity index (χ2n) is 5.78. The highest BCUT2D eigenvalue weighted by atomic mass is 79.9. The number of carbonyl (C=O) groups is 1. The van der Waals surface area contributed by atoms with E-state index in [4.69, 9.17) is 5.11 Å². The summed E-state index contributed by atoms with van der Waals surface area (Å²) >= 11 is 3.35. The Morgan fingerprint density at radius 3 is 2.67 bits per heavy atom. The molecule has 0 aliphatic heterocycles. The van der Waals surface area contributed by atoms with Crippen molar-refractivity contribution >= 4 is 21.8 Å². The van der Waals surface area contributed by atoms with Gasteiger partial charge in [0.05, 0.1) is 12.1 Å². The van der Waals surface area contributed by atoms with Crippen LogP contribution in [0.4, 0.5) is 0 Å². The first-order chi connectivity index (χ1) is 9.85. The zero-order valence-corrected chi connectivity index (χ0v) is 13.6. The van der Waals surface area contributed by atoms with Crippen molar-refractivity contribution in [2.45, 2.75) is 44.6 Å². The lowest BCUT2D eigenvalue weighted by atomic mass is 10.1. The lowest BCUT2D eigenvalue weighted by Crippen LogP contribution is -2.43. The van der Waals surface area contributed by atoms with Gasteiger partial charge in [-0.05, 0) is 42.3 Å². The molecule has 0 saturated heterocycles. The minimum absolute atomic E-state index is 0.126. The quantitative estimate of drug-likeness (QED) is 0.634. The van der Waals surface area contributed by atoms with Gasteiger partial charge in [-0.25, -0.2) is 0 Å². The normalized spacial score (nSPS) is 29.1. The SMILES string of the molecule is CC(C)n1cc(Br)cc1C(=O)N[C@@H]1C[C@H](CO)[C@@H](O)[C@H]1O. The Kier molecular flexibility index (Phi) is 5.08. The van der Waals surface area contributed by atoms with Crippen LogP contribution in [-0.4, -0.2) is 50.7 Å². The second-order valence-corrected chi connectivity index (χ2v) is 6.70. The molecule has 7 heteroatoms. The molecule has 1 heterocycles. The monoisotopic (exact) mass is 360 g/mol. The smallest absolute Gasteiger partial charge is 0.268 e. The molecule has 1 fully saturated rings. The number of carbonyl (C=O) groups excluding carboxylic acids is 1. The van der Waals surface area contributed by atoms with Crippen LogP contribution in [0.2, 0.25) is 0 Å². The zero-order chi connectivity index (χ0) is 15.7. The van der Waals surface area contributed by atoms with Gasteiger partial charge in [0.25, 0.3) is 5.91 Å². The van der Waals surface area contributed by atoms with Gasteiger partial charge in [0.2, 0.25) is 0 Å². The summed E-state index contributed by atoms with van der Waals surface area (Å²) in [5, 5.41) is 31.6. The number of aliphatic hydroxyl groups excluding tert-OH is 3. The van der Waals surface area contributed by atoms with Crippen LogP contribution in [0.3, 0.4) is 0 Å². The predicted octanol–water partition coefficient (Wildman–Crippen LogP) is 0.664. The first-order valence-corrected chi connectivity index (χ1v) is 7.79. The highest BCUT2D eigenvalue weighted by molar-refractivity contribution is 9.10. The molecule has 4 N–H and O–H groups in total. The van der Waals surface area contributed by atoms with Crippen LogP contribution in [0.5, 0.6) is 0 Å². The predicted molar refractivity (Wildman–Crippen MR) is 81.0 cm³/mol. The van der Waals surface area contributed by atoms with Crippen molar-refractivity contribution in [3.05, 3.63) is 22.4 Å². The zero-order valence-electron chi connectivity index (χ0n) is 12.0. The molecular formula is C14H21BrN2O4. The van der Waals surface area contributed by atoms with Gasteiger partial charge in [-0.1, -0.05) is 0 Å². The number of amides is 1. The Bertz CT molecular complexity index is 517. The molecule has 4 atom stereocenters. The Morgan fingerprint density at radius 1 is 1.48 bits per heavy atom. The number of rotatable bonds is 4. The standard InChI is InChI=1S/C14H21BrN2O4/c1-7(2)17-5-9(15)4-11(17)14(21)16-10-3-8(6-18)12(19)13(10)20/h4-5,7-8,10,12-13,18-20H,3,6H2,1-2H3,(H,16,21)/t8-,10-,12-,13+/m1/s1. The van der Waals surface area contributed by atoms with Crippen molar-refractivity contribution in [2.75, 3.05) is 6.61 Å². The number of nitrogens with zero attached hydrogens (tertiary/aromatic N) is 1. The van der Waals surface area contributed by atoms with Crippen molar-refractivity contribution < 1.29 is 20.1 Å². The first kappa shape index (κ1) is 16.5. The fourth-order valence-corrected chi connectivity index (χ4v) is 3.18. The maximum Gasteiger partial charge on any atom is 0.268 e. The lowest BCUT2D eigenvalue weighted by Gasteiger charge is -2.19. The molecule has 2 rings (SSSR count). The van der Waals surface area contributed by atoms with Gasteiger partial charge in [-0.2, -0.15) is 0 Å². The number of hydrogen-bond donors (Lipinski definition) is 4. The molecule has 1 aromatic heterocycles. The van der Waals surface area contributed by atoms with Crippen LogP contribution in [0.15, 0.2) is 16.7 Å². The summed E-state index contributed by atoms with van der Waals surface area (Å²) in [6, 6.07) is 1.29. The molecule has 1 saturated carbocycles. The van der Waals surface area contributed by atoms with E-state index in [-0.39, 0.29) is 18.6 Å². The highest BCUT2D eigenvalue weighted by Crippen LogP contribution is 2.27. The van der Waals surface area contributed by atoms with Crippen LogP contribution < -0.4 is 5.32 Å². The summed E-state index contributed by atoms with van der Waals surface area (Å²) in [5.74, 6) is -0.710. The summed E-state index contributed by atoms with van der Waals surface area (Å²) < 4.78 is 2.64. The lowest BCUT2D eigenvalue weighted by molar-refractivity contribution is 0.0000982. The average Bonchev–Trinajstić information content (AvgIpc) is 2.94. The number of aromatic nitrogens is 1. The molecule has 118 valence electrons. The summed E-state index contributed by atoms with van der Waals surface area (Å²) in [5.41, 5.74) is 0.492. The molecule has 6 nitrogen and oxygen atoms in total.